The summed E-state index contributed by atoms with van der Waals surface area (Å²) in [6.07, 6.45) is 1.65. The maximum Gasteiger partial charge on any atom is 0.317 e. The summed E-state index contributed by atoms with van der Waals surface area (Å²) in [6, 6.07) is 8.58. The highest BCUT2D eigenvalue weighted by Crippen LogP contribution is 2.19. The van der Waals surface area contributed by atoms with Crippen molar-refractivity contribution >= 4 is 17.8 Å². The van der Waals surface area contributed by atoms with Gasteiger partial charge in [-0.1, -0.05) is 29.8 Å². The van der Waals surface area contributed by atoms with E-state index in [1.165, 1.54) is 11.1 Å². The second-order valence-electron chi connectivity index (χ2n) is 6.36. The van der Waals surface area contributed by atoms with Gasteiger partial charge in [-0.25, -0.2) is 4.79 Å². The number of hydrogen-bond acceptors (Lipinski definition) is 3. The summed E-state index contributed by atoms with van der Waals surface area (Å²) in [5.74, 6) is 2.10. The predicted octanol–water partition coefficient (Wildman–Crippen LogP) is 3.03. The first-order chi connectivity index (χ1) is 11.1. The Hall–Kier alpha value is -1.20. The molecule has 0 aliphatic carbocycles. The minimum absolute atomic E-state index is 0.00582. The normalized spacial score (nSPS) is 19.4. The van der Waals surface area contributed by atoms with Crippen LogP contribution in [0.15, 0.2) is 24.3 Å². The molecule has 1 aromatic carbocycles. The van der Waals surface area contributed by atoms with Gasteiger partial charge in [-0.3, -0.25) is 0 Å². The fourth-order valence-corrected chi connectivity index (χ4v) is 3.62. The van der Waals surface area contributed by atoms with E-state index in [9.17, 15) is 9.90 Å². The minimum Gasteiger partial charge on any atom is -0.393 e. The van der Waals surface area contributed by atoms with Gasteiger partial charge in [0.05, 0.1) is 6.10 Å². The molecule has 2 atom stereocenters. The molecule has 4 nitrogen and oxygen atoms in total. The van der Waals surface area contributed by atoms with Crippen LogP contribution in [0.25, 0.3) is 0 Å². The van der Waals surface area contributed by atoms with Crippen LogP contribution in [-0.4, -0.2) is 47.5 Å². The molecule has 1 fully saturated rings. The van der Waals surface area contributed by atoms with E-state index in [1.807, 2.05) is 23.6 Å². The first-order valence-corrected chi connectivity index (χ1v) is 9.56. The maximum atomic E-state index is 12.2. The number of carbonyl (C=O) groups excluding carboxylic acids is 1. The number of amides is 2. The molecule has 1 heterocycles. The van der Waals surface area contributed by atoms with Gasteiger partial charge in [0.2, 0.25) is 0 Å². The van der Waals surface area contributed by atoms with E-state index in [-0.39, 0.29) is 18.1 Å². The van der Waals surface area contributed by atoms with Gasteiger partial charge < -0.3 is 15.3 Å². The molecular formula is C18H28N2O2S. The van der Waals surface area contributed by atoms with Gasteiger partial charge in [0, 0.05) is 37.1 Å². The van der Waals surface area contributed by atoms with Crippen LogP contribution in [0.1, 0.15) is 30.9 Å². The second-order valence-corrected chi connectivity index (χ2v) is 7.46. The van der Waals surface area contributed by atoms with Gasteiger partial charge in [-0.2, -0.15) is 11.8 Å². The monoisotopic (exact) mass is 336 g/mol. The number of rotatable bonds is 6. The SMILES string of the molecule is Cc1ccc(CSCCNC(=O)N2CCC[C@@H]([C@@H](C)O)C2)cc1. The molecule has 5 heteroatoms. The molecule has 1 saturated heterocycles. The highest BCUT2D eigenvalue weighted by atomic mass is 32.2. The number of thioether (sulfide) groups is 1. The Morgan fingerprint density at radius 2 is 2.17 bits per heavy atom. The van der Waals surface area contributed by atoms with Crippen molar-refractivity contribution in [1.82, 2.24) is 10.2 Å². The lowest BCUT2D eigenvalue weighted by atomic mass is 9.94. The Bertz CT molecular complexity index is 490. The molecule has 0 saturated carbocycles. The van der Waals surface area contributed by atoms with Crippen LogP contribution in [0.4, 0.5) is 4.79 Å². The highest BCUT2D eigenvalue weighted by Gasteiger charge is 2.26. The van der Waals surface area contributed by atoms with Crippen molar-refractivity contribution in [3.05, 3.63) is 35.4 Å². The van der Waals surface area contributed by atoms with Crippen LogP contribution in [0, 0.1) is 12.8 Å². The number of likely N-dealkylation sites (tertiary alicyclic amines) is 1. The predicted molar refractivity (Wildman–Crippen MR) is 96.7 cm³/mol. The van der Waals surface area contributed by atoms with Crippen LogP contribution in [0.2, 0.25) is 0 Å². The largest absolute Gasteiger partial charge is 0.393 e. The van der Waals surface area contributed by atoms with E-state index >= 15 is 0 Å². The number of aryl methyl sites for hydroxylation is 1. The number of urea groups is 1. The van der Waals surface area contributed by atoms with Crippen molar-refractivity contribution in [3.8, 4) is 0 Å². The number of aliphatic hydroxyl groups excluding tert-OH is 1. The molecule has 0 unspecified atom stereocenters. The minimum atomic E-state index is -0.337. The Morgan fingerprint density at radius 3 is 2.87 bits per heavy atom. The molecule has 1 aliphatic rings. The first kappa shape index (κ1) is 18.1. The van der Waals surface area contributed by atoms with Crippen LogP contribution < -0.4 is 5.32 Å². The van der Waals surface area contributed by atoms with Crippen molar-refractivity contribution in [2.45, 2.75) is 38.5 Å². The number of nitrogens with zero attached hydrogens (tertiary/aromatic N) is 1. The summed E-state index contributed by atoms with van der Waals surface area (Å²) >= 11 is 1.83. The zero-order chi connectivity index (χ0) is 16.7. The van der Waals surface area contributed by atoms with Crippen molar-refractivity contribution in [2.24, 2.45) is 5.92 Å². The molecule has 0 spiro atoms. The Morgan fingerprint density at radius 1 is 1.43 bits per heavy atom. The molecule has 2 N–H and O–H groups in total. The topological polar surface area (TPSA) is 52.6 Å². The molecule has 0 aromatic heterocycles. The average molecular weight is 337 g/mol. The summed E-state index contributed by atoms with van der Waals surface area (Å²) in [7, 11) is 0. The molecule has 128 valence electrons. The summed E-state index contributed by atoms with van der Waals surface area (Å²) in [6.45, 7) is 6.06. The number of hydrogen-bond donors (Lipinski definition) is 2. The van der Waals surface area contributed by atoms with Gasteiger partial charge in [-0.15, -0.1) is 0 Å². The van der Waals surface area contributed by atoms with E-state index in [0.717, 1.165) is 30.9 Å². The molecular weight excluding hydrogens is 308 g/mol. The third-order valence-electron chi connectivity index (χ3n) is 4.34. The lowest BCUT2D eigenvalue weighted by Gasteiger charge is -2.34. The van der Waals surface area contributed by atoms with E-state index in [0.29, 0.717) is 13.1 Å². The quantitative estimate of drug-likeness (QED) is 0.785. The smallest absolute Gasteiger partial charge is 0.317 e. The lowest BCUT2D eigenvalue weighted by molar-refractivity contribution is 0.0741. The summed E-state index contributed by atoms with van der Waals surface area (Å²) in [5.41, 5.74) is 2.60. The van der Waals surface area contributed by atoms with Gasteiger partial charge in [-0.05, 0) is 32.3 Å². The summed E-state index contributed by atoms with van der Waals surface area (Å²) in [4.78, 5) is 14.0. The summed E-state index contributed by atoms with van der Waals surface area (Å²) < 4.78 is 0. The van der Waals surface area contributed by atoms with Crippen molar-refractivity contribution < 1.29 is 9.90 Å². The lowest BCUT2D eigenvalue weighted by Crippen LogP contribution is -2.47. The van der Waals surface area contributed by atoms with Crippen LogP contribution in [0.5, 0.6) is 0 Å². The standard InChI is InChI=1S/C18H28N2O2S/c1-14-5-7-16(8-6-14)13-23-11-9-19-18(22)20-10-3-4-17(12-20)15(2)21/h5-8,15,17,21H,3-4,9-13H2,1-2H3,(H,19,22)/t15-,17-/m1/s1. The number of nitrogens with one attached hydrogen (secondary N) is 1. The Labute approximate surface area is 143 Å². The van der Waals surface area contributed by atoms with Crippen molar-refractivity contribution in [1.29, 1.82) is 0 Å². The van der Waals surface area contributed by atoms with Crippen LogP contribution in [0.3, 0.4) is 0 Å². The van der Waals surface area contributed by atoms with E-state index in [2.05, 4.69) is 36.5 Å². The van der Waals surface area contributed by atoms with E-state index < -0.39 is 0 Å². The number of aliphatic hydroxyl groups is 1. The summed E-state index contributed by atoms with van der Waals surface area (Å²) in [5, 5.41) is 12.7. The molecule has 1 aliphatic heterocycles. The average Bonchev–Trinajstić information content (AvgIpc) is 2.56. The van der Waals surface area contributed by atoms with Crippen molar-refractivity contribution in [2.75, 3.05) is 25.4 Å². The van der Waals surface area contributed by atoms with Gasteiger partial charge >= 0.3 is 6.03 Å². The number of piperidine rings is 1. The third kappa shape index (κ3) is 6.07. The molecule has 23 heavy (non-hydrogen) atoms. The zero-order valence-electron chi connectivity index (χ0n) is 14.1. The highest BCUT2D eigenvalue weighted by molar-refractivity contribution is 7.98. The Kier molecular flexibility index (Phi) is 7.24. The van der Waals surface area contributed by atoms with Crippen LogP contribution >= 0.6 is 11.8 Å². The van der Waals surface area contributed by atoms with Crippen molar-refractivity contribution in [3.63, 3.8) is 0 Å². The first-order valence-electron chi connectivity index (χ1n) is 8.40. The second kappa shape index (κ2) is 9.18. The van der Waals surface area contributed by atoms with E-state index in [1.54, 1.807) is 0 Å². The fraction of sp³-hybridized carbons (Fsp3) is 0.611. The maximum absolute atomic E-state index is 12.2. The van der Waals surface area contributed by atoms with Gasteiger partial charge in [0.25, 0.3) is 0 Å². The molecule has 1 aromatic rings. The fourth-order valence-electron chi connectivity index (χ4n) is 2.80. The van der Waals surface area contributed by atoms with Gasteiger partial charge in [0.15, 0.2) is 0 Å². The molecule has 2 amide bonds. The Balaban J connectivity index is 1.62. The third-order valence-corrected chi connectivity index (χ3v) is 5.37. The number of carbonyl (C=O) groups is 1. The molecule has 0 radical (unpaired) electrons. The molecule has 0 bridgehead atoms. The van der Waals surface area contributed by atoms with Gasteiger partial charge in [0.1, 0.15) is 0 Å². The zero-order valence-corrected chi connectivity index (χ0v) is 14.9. The number of benzene rings is 1. The molecule has 2 rings (SSSR count). The van der Waals surface area contributed by atoms with Crippen LogP contribution in [-0.2, 0) is 5.75 Å². The van der Waals surface area contributed by atoms with E-state index in [4.69, 9.17) is 0 Å².